The minimum atomic E-state index is -0.350. The average molecular weight is 418 g/mol. The Morgan fingerprint density at radius 2 is 1.52 bits per heavy atom. The van der Waals surface area contributed by atoms with Crippen LogP contribution in [0.4, 0.5) is 11.5 Å². The summed E-state index contributed by atoms with van der Waals surface area (Å²) < 4.78 is 15.4. The van der Waals surface area contributed by atoms with Gasteiger partial charge in [0.2, 0.25) is 5.82 Å². The van der Waals surface area contributed by atoms with Crippen molar-refractivity contribution >= 4 is 23.2 Å². The highest BCUT2D eigenvalue weighted by Gasteiger charge is 2.46. The number of piperidine rings is 1. The van der Waals surface area contributed by atoms with Crippen molar-refractivity contribution in [2.75, 3.05) is 36.0 Å². The average Bonchev–Trinajstić information content (AvgIpc) is 3.14. The minimum Gasteiger partial charge on any atom is -0.471 e. The van der Waals surface area contributed by atoms with Crippen LogP contribution in [0.1, 0.15) is 40.5 Å². The molecule has 2 saturated heterocycles. The van der Waals surface area contributed by atoms with Crippen molar-refractivity contribution in [3.05, 3.63) is 30.3 Å². The van der Waals surface area contributed by atoms with Crippen LogP contribution in [-0.4, -0.2) is 62.4 Å². The maximum Gasteiger partial charge on any atom is 0.271 e. The molecule has 0 saturated carbocycles. The number of hydrogen-bond donors (Lipinski definition) is 1. The second-order valence-corrected chi connectivity index (χ2v) is 9.82. The fraction of sp³-hybridized carbons (Fsp3) is 0.619. The third kappa shape index (κ3) is 4.20. The lowest BCUT2D eigenvalue weighted by atomic mass is 9.80. The van der Waals surface area contributed by atoms with Crippen LogP contribution >= 0.6 is 11.7 Å². The number of hydroxylamine groups is 2. The molecule has 0 radical (unpaired) electrons. The third-order valence-corrected chi connectivity index (χ3v) is 6.52. The molecule has 1 N–H and O–H groups in total. The molecule has 4 rings (SSSR count). The van der Waals surface area contributed by atoms with Gasteiger partial charge in [0.1, 0.15) is 6.10 Å². The van der Waals surface area contributed by atoms with Gasteiger partial charge in [-0.2, -0.15) is 9.44 Å². The summed E-state index contributed by atoms with van der Waals surface area (Å²) in [5, 5.41) is 12.0. The van der Waals surface area contributed by atoms with Crippen molar-refractivity contribution in [2.45, 2.75) is 57.7 Å². The van der Waals surface area contributed by atoms with Crippen LogP contribution < -0.4 is 14.5 Å². The van der Waals surface area contributed by atoms with Gasteiger partial charge in [0.05, 0.1) is 11.7 Å². The van der Waals surface area contributed by atoms with Gasteiger partial charge in [-0.25, -0.2) is 0 Å². The fourth-order valence-electron chi connectivity index (χ4n) is 4.68. The zero-order valence-corrected chi connectivity index (χ0v) is 18.5. The highest BCUT2D eigenvalue weighted by molar-refractivity contribution is 6.99. The van der Waals surface area contributed by atoms with Crippen LogP contribution in [0.15, 0.2) is 30.3 Å². The van der Waals surface area contributed by atoms with Crippen LogP contribution in [0.2, 0.25) is 0 Å². The van der Waals surface area contributed by atoms with E-state index >= 15 is 0 Å². The van der Waals surface area contributed by atoms with E-state index in [1.165, 1.54) is 22.5 Å². The summed E-state index contributed by atoms with van der Waals surface area (Å²) in [6, 6.07) is 10.5. The summed E-state index contributed by atoms with van der Waals surface area (Å²) in [4.78, 5) is 4.68. The quantitative estimate of drug-likeness (QED) is 0.814. The number of piperazine rings is 1. The first-order chi connectivity index (χ1) is 13.8. The van der Waals surface area contributed by atoms with Gasteiger partial charge in [0.15, 0.2) is 0 Å². The van der Waals surface area contributed by atoms with Crippen LogP contribution in [0.3, 0.4) is 0 Å². The van der Waals surface area contributed by atoms with Crippen LogP contribution in [-0.2, 0) is 0 Å². The second-order valence-electron chi connectivity index (χ2n) is 9.29. The van der Waals surface area contributed by atoms with E-state index in [-0.39, 0.29) is 17.2 Å². The Hall–Kier alpha value is -1.90. The maximum atomic E-state index is 10.5. The van der Waals surface area contributed by atoms with E-state index in [0.29, 0.717) is 5.88 Å². The Balaban J connectivity index is 1.42. The van der Waals surface area contributed by atoms with E-state index in [1.54, 1.807) is 0 Å². The van der Waals surface area contributed by atoms with E-state index in [9.17, 15) is 5.21 Å². The Morgan fingerprint density at radius 1 is 0.931 bits per heavy atom. The molecule has 1 aromatic heterocycles. The van der Waals surface area contributed by atoms with Crippen LogP contribution in [0.25, 0.3) is 0 Å². The lowest BCUT2D eigenvalue weighted by Gasteiger charge is -2.51. The number of anilines is 2. The topological polar surface area (TPSA) is 65.0 Å². The van der Waals surface area contributed by atoms with Crippen LogP contribution in [0, 0.1) is 0 Å². The third-order valence-electron chi connectivity index (χ3n) is 6.02. The molecule has 0 spiro atoms. The maximum absolute atomic E-state index is 10.5. The number of aromatic nitrogens is 2. The normalized spacial score (nSPS) is 22.7. The van der Waals surface area contributed by atoms with E-state index in [2.05, 4.69) is 42.8 Å². The van der Waals surface area contributed by atoms with Gasteiger partial charge in [0.25, 0.3) is 5.88 Å². The van der Waals surface area contributed by atoms with Gasteiger partial charge in [-0.3, -0.25) is 0 Å². The first-order valence-electron chi connectivity index (χ1n) is 10.3. The largest absolute Gasteiger partial charge is 0.471 e. The van der Waals surface area contributed by atoms with E-state index in [0.717, 1.165) is 44.8 Å². The number of rotatable bonds is 4. The van der Waals surface area contributed by atoms with Gasteiger partial charge >= 0.3 is 0 Å². The van der Waals surface area contributed by atoms with Gasteiger partial charge in [-0.1, -0.05) is 18.2 Å². The van der Waals surface area contributed by atoms with Crippen molar-refractivity contribution in [2.24, 2.45) is 0 Å². The van der Waals surface area contributed by atoms with Crippen molar-refractivity contribution in [1.82, 2.24) is 13.8 Å². The molecule has 8 heteroatoms. The van der Waals surface area contributed by atoms with Gasteiger partial charge in [-0.05, 0) is 39.8 Å². The van der Waals surface area contributed by atoms with E-state index in [1.807, 2.05) is 33.8 Å². The Bertz CT molecular complexity index is 799. The van der Waals surface area contributed by atoms with Gasteiger partial charge in [0, 0.05) is 55.8 Å². The molecule has 158 valence electrons. The predicted molar refractivity (Wildman–Crippen MR) is 116 cm³/mol. The highest BCUT2D eigenvalue weighted by atomic mass is 32.1. The van der Waals surface area contributed by atoms with Gasteiger partial charge < -0.3 is 19.7 Å². The number of hydrogen-bond acceptors (Lipinski definition) is 8. The molecule has 3 heterocycles. The summed E-state index contributed by atoms with van der Waals surface area (Å²) in [6.07, 6.45) is 1.48. The molecule has 2 aliphatic heterocycles. The van der Waals surface area contributed by atoms with Crippen molar-refractivity contribution in [3.63, 3.8) is 0 Å². The monoisotopic (exact) mass is 417 g/mol. The highest BCUT2D eigenvalue weighted by Crippen LogP contribution is 2.39. The Kier molecular flexibility index (Phi) is 5.44. The summed E-state index contributed by atoms with van der Waals surface area (Å²) in [7, 11) is 0. The van der Waals surface area contributed by atoms with Crippen molar-refractivity contribution < 1.29 is 9.94 Å². The molecular weight excluding hydrogens is 386 g/mol. The van der Waals surface area contributed by atoms with Crippen LogP contribution in [0.5, 0.6) is 5.88 Å². The first-order valence-corrected chi connectivity index (χ1v) is 11.0. The molecule has 2 aromatic rings. The summed E-state index contributed by atoms with van der Waals surface area (Å²) in [5.41, 5.74) is 0.564. The van der Waals surface area contributed by atoms with Crippen molar-refractivity contribution in [1.29, 1.82) is 0 Å². The SMILES string of the molecule is CC1(C)CC(Oc2nsnc2N2CCN(c3ccccc3)CC2)CC(C)(C)N1O. The smallest absolute Gasteiger partial charge is 0.271 e. The lowest BCUT2D eigenvalue weighted by Crippen LogP contribution is -2.61. The van der Waals surface area contributed by atoms with E-state index in [4.69, 9.17) is 4.74 Å². The van der Waals surface area contributed by atoms with Crippen molar-refractivity contribution in [3.8, 4) is 5.88 Å². The molecule has 0 aliphatic carbocycles. The zero-order chi connectivity index (χ0) is 20.6. The molecule has 0 atom stereocenters. The molecular formula is C21H31N5O2S. The Morgan fingerprint density at radius 3 is 2.14 bits per heavy atom. The standard InChI is InChI=1S/C21H31N5O2S/c1-20(2)14-17(15-21(3,4)26(20)27)28-19-18(22-29-23-19)25-12-10-24(11-13-25)16-8-6-5-7-9-16/h5-9,17,27H,10-15H2,1-4H3. The minimum absolute atomic E-state index is 0.00309. The lowest BCUT2D eigenvalue weighted by molar-refractivity contribution is -0.255. The molecule has 29 heavy (non-hydrogen) atoms. The molecule has 0 bridgehead atoms. The number of ether oxygens (including phenoxy) is 1. The summed E-state index contributed by atoms with van der Waals surface area (Å²) in [5.74, 6) is 1.48. The molecule has 0 unspecified atom stereocenters. The van der Waals surface area contributed by atoms with E-state index < -0.39 is 0 Å². The molecule has 2 aliphatic rings. The zero-order valence-electron chi connectivity index (χ0n) is 17.7. The Labute approximate surface area is 177 Å². The summed E-state index contributed by atoms with van der Waals surface area (Å²) >= 11 is 1.21. The molecule has 0 amide bonds. The number of nitrogens with zero attached hydrogens (tertiary/aromatic N) is 5. The van der Waals surface area contributed by atoms with Gasteiger partial charge in [-0.15, -0.1) is 4.37 Å². The molecule has 2 fully saturated rings. The second kappa shape index (κ2) is 7.74. The number of benzene rings is 1. The predicted octanol–water partition coefficient (Wildman–Crippen LogP) is 3.65. The fourth-order valence-corrected chi connectivity index (χ4v) is 5.19. The first kappa shape index (κ1) is 20.4. The molecule has 7 nitrogen and oxygen atoms in total. The summed E-state index contributed by atoms with van der Waals surface area (Å²) in [6.45, 7) is 11.9. The number of para-hydroxylation sites is 1. The molecule has 1 aromatic carbocycles.